The van der Waals surface area contributed by atoms with Crippen LogP contribution < -0.4 is 5.32 Å². The number of carboxylic acids is 2. The summed E-state index contributed by atoms with van der Waals surface area (Å²) in [6, 6.07) is 7.64. The molecule has 7 rings (SSSR count). The van der Waals surface area contributed by atoms with Crippen molar-refractivity contribution in [1.29, 1.82) is 0 Å². The van der Waals surface area contributed by atoms with Crippen LogP contribution in [0, 0.1) is 89.8 Å². The predicted molar refractivity (Wildman–Crippen MR) is 239 cm³/mol. The van der Waals surface area contributed by atoms with Crippen molar-refractivity contribution in [1.82, 2.24) is 4.98 Å². The number of allylic oxidation sites excluding steroid dienone is 3. The van der Waals surface area contributed by atoms with Gasteiger partial charge in [-0.3, -0.25) is 4.79 Å². The van der Waals surface area contributed by atoms with Crippen molar-refractivity contribution in [2.75, 3.05) is 5.32 Å². The summed E-state index contributed by atoms with van der Waals surface area (Å²) in [7, 11) is 0. The van der Waals surface area contributed by atoms with E-state index in [4.69, 9.17) is 5.11 Å². The van der Waals surface area contributed by atoms with E-state index in [0.717, 1.165) is 35.0 Å². The topological polar surface area (TPSA) is 117 Å². The first-order valence-corrected chi connectivity index (χ1v) is 21.0. The van der Waals surface area contributed by atoms with Crippen molar-refractivity contribution >= 4 is 40.4 Å². The molecule has 8 heteroatoms. The van der Waals surface area contributed by atoms with Crippen molar-refractivity contribution < 1.29 is 24.6 Å². The van der Waals surface area contributed by atoms with Gasteiger partial charge in [0.1, 0.15) is 4.88 Å². The van der Waals surface area contributed by atoms with Crippen LogP contribution in [-0.2, 0) is 4.79 Å². The summed E-state index contributed by atoms with van der Waals surface area (Å²) in [6.45, 7) is 22.2. The fraction of sp³-hybridized carbons (Fsp3) is 0.551. The molecule has 0 radical (unpaired) electrons. The molecule has 0 bridgehead atoms. The van der Waals surface area contributed by atoms with E-state index in [0.29, 0.717) is 34.1 Å². The van der Waals surface area contributed by atoms with Crippen LogP contribution in [-0.4, -0.2) is 33.5 Å². The Morgan fingerprint density at radius 3 is 1.95 bits per heavy atom. The molecule has 5 aliphatic rings. The Bertz CT molecular complexity index is 1700. The maximum atomic E-state index is 11.4. The van der Waals surface area contributed by atoms with Crippen LogP contribution in [0.1, 0.15) is 145 Å². The molecule has 8 atom stereocenters. The van der Waals surface area contributed by atoms with Crippen LogP contribution in [0.15, 0.2) is 49.2 Å². The Morgan fingerprint density at radius 2 is 1.42 bits per heavy atom. The number of carbonyl (C=O) groups is 3. The minimum atomic E-state index is -1.04. The number of benzene rings is 1. The van der Waals surface area contributed by atoms with Gasteiger partial charge in [-0.05, 0) is 139 Å². The number of aromatic nitrogens is 1. The molecule has 1 aromatic carbocycles. The van der Waals surface area contributed by atoms with Crippen molar-refractivity contribution in [3.05, 3.63) is 65.2 Å². The van der Waals surface area contributed by atoms with Gasteiger partial charge < -0.3 is 15.5 Å². The van der Waals surface area contributed by atoms with Gasteiger partial charge in [-0.2, -0.15) is 0 Å². The van der Waals surface area contributed by atoms with Gasteiger partial charge in [-0.25, -0.2) is 14.6 Å². The molecule has 4 fully saturated rings. The minimum absolute atomic E-state index is 0.104. The second-order valence-corrected chi connectivity index (χ2v) is 17.7. The molecule has 4 unspecified atom stereocenters. The first-order chi connectivity index (χ1) is 27.2. The highest BCUT2D eigenvalue weighted by Crippen LogP contribution is 2.73. The lowest BCUT2D eigenvalue weighted by Crippen LogP contribution is -2.60. The van der Waals surface area contributed by atoms with Gasteiger partial charge in [-0.1, -0.05) is 90.5 Å². The van der Waals surface area contributed by atoms with Crippen molar-refractivity contribution in [3.63, 3.8) is 0 Å². The maximum absolute atomic E-state index is 11.4. The first-order valence-electron chi connectivity index (χ1n) is 20.2. The molecule has 0 aliphatic heterocycles. The molecule has 2 aromatic rings. The summed E-state index contributed by atoms with van der Waals surface area (Å²) < 4.78 is 0. The first kappa shape index (κ1) is 50.4. The van der Waals surface area contributed by atoms with Crippen LogP contribution in [0.3, 0.4) is 0 Å². The number of terminal acetylenes is 3. The minimum Gasteiger partial charge on any atom is -0.478 e. The highest BCUT2D eigenvalue weighted by molar-refractivity contribution is 7.17. The second-order valence-electron chi connectivity index (χ2n) is 16.6. The zero-order valence-electron chi connectivity index (χ0n) is 35.7. The summed E-state index contributed by atoms with van der Waals surface area (Å²) >= 11 is 0.913. The van der Waals surface area contributed by atoms with Gasteiger partial charge >= 0.3 is 11.9 Å². The summed E-state index contributed by atoms with van der Waals surface area (Å²) in [6.07, 6.45) is 44.2. The Balaban J connectivity index is 0.000000618. The van der Waals surface area contributed by atoms with E-state index in [2.05, 4.69) is 96.1 Å². The fourth-order valence-electron chi connectivity index (χ4n) is 11.9. The average Bonchev–Trinajstić information content (AvgIpc) is 3.85. The number of carboxylic acid groups (broad SMARTS) is 2. The highest BCUT2D eigenvalue weighted by Gasteiger charge is 2.64. The van der Waals surface area contributed by atoms with Crippen LogP contribution in [0.4, 0.5) is 5.13 Å². The van der Waals surface area contributed by atoms with Crippen LogP contribution in [0.5, 0.6) is 0 Å². The monoisotopic (exact) mass is 796 g/mol. The van der Waals surface area contributed by atoms with Gasteiger partial charge in [0, 0.05) is 0 Å². The van der Waals surface area contributed by atoms with E-state index >= 15 is 0 Å². The Morgan fingerprint density at radius 1 is 0.825 bits per heavy atom. The zero-order chi connectivity index (χ0) is 43.8. The molecule has 5 aliphatic carbocycles. The van der Waals surface area contributed by atoms with E-state index < -0.39 is 11.9 Å². The summed E-state index contributed by atoms with van der Waals surface area (Å²) in [5.74, 6) is 2.54. The van der Waals surface area contributed by atoms with E-state index in [1.54, 1.807) is 18.2 Å². The number of nitrogens with zero attached hydrogens (tertiary/aromatic N) is 1. The Labute approximate surface area is 348 Å². The molecule has 1 heterocycles. The van der Waals surface area contributed by atoms with Crippen LogP contribution >= 0.6 is 11.3 Å². The molecule has 1 amide bonds. The van der Waals surface area contributed by atoms with Gasteiger partial charge in [0.25, 0.3) is 0 Å². The number of nitrogens with one attached hydrogen (secondary N) is 1. The molecule has 3 N–H and O–H groups in total. The van der Waals surface area contributed by atoms with E-state index in [9.17, 15) is 19.5 Å². The summed E-state index contributed by atoms with van der Waals surface area (Å²) in [5, 5.41) is 20.3. The molecule has 0 spiro atoms. The van der Waals surface area contributed by atoms with E-state index in [1.807, 2.05) is 32.9 Å². The third-order valence-electron chi connectivity index (χ3n) is 13.9. The number of carbonyl (C=O) groups excluding carboxylic acids is 1. The molecule has 0 saturated heterocycles. The smallest absolute Gasteiger partial charge is 0.347 e. The molecular weight excluding hydrogens is 729 g/mol. The number of rotatable bonds is 5. The zero-order valence-corrected chi connectivity index (χ0v) is 36.5. The van der Waals surface area contributed by atoms with Crippen LogP contribution in [0.25, 0.3) is 5.57 Å². The maximum Gasteiger partial charge on any atom is 0.347 e. The third kappa shape index (κ3) is 10.5. The molecule has 310 valence electrons. The summed E-state index contributed by atoms with van der Waals surface area (Å²) in [4.78, 5) is 35.2. The van der Waals surface area contributed by atoms with Gasteiger partial charge in [0.15, 0.2) is 5.13 Å². The largest absolute Gasteiger partial charge is 0.478 e. The van der Waals surface area contributed by atoms with Crippen molar-refractivity contribution in [2.24, 2.45) is 51.2 Å². The van der Waals surface area contributed by atoms with Crippen molar-refractivity contribution in [2.45, 2.75) is 120 Å². The normalized spacial score (nSPS) is 30.4. The second kappa shape index (κ2) is 22.4. The average molecular weight is 797 g/mol. The molecule has 4 saturated carbocycles. The molecular formula is C49H68N2O5S. The van der Waals surface area contributed by atoms with Crippen molar-refractivity contribution in [3.8, 4) is 38.5 Å². The predicted octanol–water partition coefficient (Wildman–Crippen LogP) is 12.2. The Hall–Kier alpha value is -4.58. The van der Waals surface area contributed by atoms with Gasteiger partial charge in [-0.15, -0.1) is 45.1 Å². The van der Waals surface area contributed by atoms with Crippen LogP contribution in [0.2, 0.25) is 0 Å². The lowest BCUT2D eigenvalue weighted by atomic mass is 9.36. The summed E-state index contributed by atoms with van der Waals surface area (Å²) in [5.41, 5.74) is 4.65. The number of aromatic carboxylic acids is 2. The Kier molecular flexibility index (Phi) is 19.8. The molecule has 57 heavy (non-hydrogen) atoms. The number of fused-ring (bicyclic) bond motifs is 7. The van der Waals surface area contributed by atoms with Gasteiger partial charge in [0.2, 0.25) is 6.41 Å². The lowest BCUT2D eigenvalue weighted by molar-refractivity contribution is -0.176. The highest BCUT2D eigenvalue weighted by atomic mass is 32.1. The van der Waals surface area contributed by atoms with E-state index in [1.165, 1.54) is 81.5 Å². The number of hydrogen-bond donors (Lipinski definition) is 3. The number of thiazole rings is 1. The van der Waals surface area contributed by atoms with Gasteiger partial charge in [0.05, 0.1) is 11.8 Å². The third-order valence-corrected chi connectivity index (χ3v) is 14.8. The quantitative estimate of drug-likeness (QED) is 0.158. The van der Waals surface area contributed by atoms with E-state index in [-0.39, 0.29) is 15.4 Å². The molecule has 7 nitrogen and oxygen atoms in total. The molecule has 1 aromatic heterocycles. The number of hydrogen-bond acceptors (Lipinski definition) is 5. The standard InChI is InChI=1S/C33H46O2.C5H4N2O3S.C3H6.C2H6.3C2H2/c1-30(2)24(21-8-10-22(11-9-21)29(34)35)15-19-33(5)27(30)16-20-32(4)26-14-18-31(3)17-6-7-25(31)23(26)12-13-28(32)33;8-2-7-5-6-1-3(11-5)4(9)10;1-3-2;4*1-2/h8-11,15,23,25-28H,6-7,12-14,16-20H2,1-5H3,(H,34,35);1-2H,(H,9,10)(H,6,7,8);3H,1H2,2H3;1-2H3;3*1-2H/t23-,25?,26?,27?,28?,31-,32+,33+;;;;;;/m1....../s1. The fourth-order valence-corrected chi connectivity index (χ4v) is 12.5. The number of anilines is 1. The number of amides is 1. The lowest BCUT2D eigenvalue weighted by Gasteiger charge is -2.68. The SMILES string of the molecule is C#C.C#C.C#C.C=CC.CC.CC1(C)C(c2ccc(C(=O)O)cc2)=CC[C@@]2(C)C1CC[C@@]1(C)C3CC[C@@]4(C)CCCC4[C@H]3CCC12.O=CNc1ncc(C(=O)O)s1.